The normalized spacial score (nSPS) is 23.5. The summed E-state index contributed by atoms with van der Waals surface area (Å²) >= 11 is 0. The summed E-state index contributed by atoms with van der Waals surface area (Å²) in [6.07, 6.45) is 8.39. The van der Waals surface area contributed by atoms with Crippen LogP contribution in [0, 0.1) is 5.92 Å². The van der Waals surface area contributed by atoms with Gasteiger partial charge in [-0.05, 0) is 37.8 Å². The zero-order valence-electron chi connectivity index (χ0n) is 19.2. The molecule has 7 nitrogen and oxygen atoms in total. The fraction of sp³-hybridized carbons (Fsp3) is 0.680. The highest BCUT2D eigenvalue weighted by Gasteiger charge is 2.30. The number of carbonyl (C=O) groups is 1. The number of morpholine rings is 1. The van der Waals surface area contributed by atoms with E-state index >= 15 is 0 Å². The van der Waals surface area contributed by atoms with E-state index < -0.39 is 0 Å². The second-order valence-electron chi connectivity index (χ2n) is 9.59. The number of anilines is 1. The lowest BCUT2D eigenvalue weighted by Gasteiger charge is -2.35. The number of imidazole rings is 1. The molecule has 1 saturated carbocycles. The van der Waals surface area contributed by atoms with Gasteiger partial charge in [-0.3, -0.25) is 9.69 Å². The van der Waals surface area contributed by atoms with Crippen molar-refractivity contribution in [2.45, 2.75) is 51.0 Å². The Kier molecular flexibility index (Phi) is 6.93. The van der Waals surface area contributed by atoms with Crippen molar-refractivity contribution in [2.24, 2.45) is 5.92 Å². The lowest BCUT2D eigenvalue weighted by Crippen LogP contribution is -2.46. The molecule has 1 atom stereocenters. The van der Waals surface area contributed by atoms with Gasteiger partial charge in [0.15, 0.2) is 0 Å². The van der Waals surface area contributed by atoms with Crippen LogP contribution in [0.4, 0.5) is 5.95 Å². The fourth-order valence-corrected chi connectivity index (χ4v) is 5.63. The summed E-state index contributed by atoms with van der Waals surface area (Å²) < 4.78 is 7.90. The second kappa shape index (κ2) is 10.2. The molecule has 174 valence electrons. The standard InChI is InChI=1S/C25H37N5O2/c31-24(26-12-14-28-15-17-32-18-16-28)20-7-6-13-29(19-20)25-27-22-10-4-5-11-23(22)30(25)21-8-2-1-3-9-21/h4-5,10-11,20-21H,1-3,6-9,12-19H2,(H,26,31)/t20-/m1/s1. The van der Waals surface area contributed by atoms with E-state index in [2.05, 4.69) is 43.9 Å². The molecule has 2 saturated heterocycles. The number of hydrogen-bond donors (Lipinski definition) is 1. The Morgan fingerprint density at radius 2 is 1.84 bits per heavy atom. The predicted octanol–water partition coefficient (Wildman–Crippen LogP) is 3.21. The zero-order valence-corrected chi connectivity index (χ0v) is 19.2. The third-order valence-electron chi connectivity index (χ3n) is 7.42. The summed E-state index contributed by atoms with van der Waals surface area (Å²) in [6.45, 7) is 6.89. The topological polar surface area (TPSA) is 62.6 Å². The molecule has 0 spiro atoms. The Balaban J connectivity index is 1.27. The van der Waals surface area contributed by atoms with Gasteiger partial charge in [-0.25, -0.2) is 4.98 Å². The van der Waals surface area contributed by atoms with Crippen LogP contribution >= 0.6 is 0 Å². The van der Waals surface area contributed by atoms with Crippen LogP contribution in [0.5, 0.6) is 0 Å². The van der Waals surface area contributed by atoms with Crippen molar-refractivity contribution in [3.05, 3.63) is 24.3 Å². The van der Waals surface area contributed by atoms with E-state index in [-0.39, 0.29) is 11.8 Å². The van der Waals surface area contributed by atoms with Crippen LogP contribution in [-0.2, 0) is 9.53 Å². The largest absolute Gasteiger partial charge is 0.379 e. The molecule has 2 aliphatic heterocycles. The van der Waals surface area contributed by atoms with Crippen LogP contribution in [0.25, 0.3) is 11.0 Å². The number of ether oxygens (including phenoxy) is 1. The van der Waals surface area contributed by atoms with E-state index in [1.807, 2.05) is 0 Å². The van der Waals surface area contributed by atoms with Crippen molar-refractivity contribution >= 4 is 22.9 Å². The van der Waals surface area contributed by atoms with Gasteiger partial charge in [0.25, 0.3) is 0 Å². The van der Waals surface area contributed by atoms with Crippen LogP contribution in [0.2, 0.25) is 0 Å². The van der Waals surface area contributed by atoms with E-state index in [1.165, 1.54) is 37.6 Å². The van der Waals surface area contributed by atoms with E-state index in [1.54, 1.807) is 0 Å². The first kappa shape index (κ1) is 21.7. The Labute approximate surface area is 191 Å². The summed E-state index contributed by atoms with van der Waals surface area (Å²) in [5.74, 6) is 1.31. The third-order valence-corrected chi connectivity index (χ3v) is 7.42. The van der Waals surface area contributed by atoms with Crippen LogP contribution in [0.1, 0.15) is 51.0 Å². The fourth-order valence-electron chi connectivity index (χ4n) is 5.63. The average Bonchev–Trinajstić information content (AvgIpc) is 3.25. The molecule has 0 unspecified atom stereocenters. The SMILES string of the molecule is O=C(NCCN1CCOCC1)[C@@H]1CCCN(c2nc3ccccc3n2C2CCCCC2)C1. The van der Waals surface area contributed by atoms with Crippen LogP contribution < -0.4 is 10.2 Å². The Morgan fingerprint density at radius 3 is 2.69 bits per heavy atom. The second-order valence-corrected chi connectivity index (χ2v) is 9.59. The quantitative estimate of drug-likeness (QED) is 0.749. The highest BCUT2D eigenvalue weighted by Crippen LogP contribution is 2.36. The van der Waals surface area contributed by atoms with E-state index in [0.717, 1.165) is 76.8 Å². The maximum Gasteiger partial charge on any atom is 0.224 e. The minimum atomic E-state index is 0.0352. The number of rotatable bonds is 6. The minimum absolute atomic E-state index is 0.0352. The number of para-hydroxylation sites is 2. The molecule has 7 heteroatoms. The minimum Gasteiger partial charge on any atom is -0.379 e. The first-order valence-corrected chi connectivity index (χ1v) is 12.6. The maximum absolute atomic E-state index is 13.0. The number of carbonyl (C=O) groups excluding carboxylic acids is 1. The number of amides is 1. The van der Waals surface area contributed by atoms with Gasteiger partial charge in [0, 0.05) is 45.3 Å². The molecule has 1 N–H and O–H groups in total. The van der Waals surface area contributed by atoms with Crippen molar-refractivity contribution in [1.82, 2.24) is 19.8 Å². The van der Waals surface area contributed by atoms with Crippen molar-refractivity contribution in [3.8, 4) is 0 Å². The number of hydrogen-bond acceptors (Lipinski definition) is 5. The zero-order chi connectivity index (χ0) is 21.8. The molecule has 1 aromatic heterocycles. The molecule has 32 heavy (non-hydrogen) atoms. The van der Waals surface area contributed by atoms with Crippen molar-refractivity contribution in [2.75, 3.05) is 57.4 Å². The van der Waals surface area contributed by atoms with Crippen LogP contribution in [0.3, 0.4) is 0 Å². The summed E-state index contributed by atoms with van der Waals surface area (Å²) in [4.78, 5) is 22.8. The van der Waals surface area contributed by atoms with Crippen molar-refractivity contribution in [3.63, 3.8) is 0 Å². The molecule has 3 fully saturated rings. The number of aromatic nitrogens is 2. The number of piperidine rings is 1. The third kappa shape index (κ3) is 4.79. The van der Waals surface area contributed by atoms with Gasteiger partial charge in [0.2, 0.25) is 11.9 Å². The van der Waals surface area contributed by atoms with Crippen molar-refractivity contribution < 1.29 is 9.53 Å². The van der Waals surface area contributed by atoms with Crippen molar-refractivity contribution in [1.29, 1.82) is 0 Å². The van der Waals surface area contributed by atoms with Gasteiger partial charge in [0.1, 0.15) is 0 Å². The molecule has 2 aromatic rings. The number of nitrogens with zero attached hydrogens (tertiary/aromatic N) is 4. The highest BCUT2D eigenvalue weighted by molar-refractivity contribution is 5.81. The van der Waals surface area contributed by atoms with Gasteiger partial charge < -0.3 is 19.5 Å². The summed E-state index contributed by atoms with van der Waals surface area (Å²) in [7, 11) is 0. The predicted molar refractivity (Wildman–Crippen MR) is 127 cm³/mol. The Hall–Kier alpha value is -2.12. The number of fused-ring (bicyclic) bond motifs is 1. The van der Waals surface area contributed by atoms with Gasteiger partial charge in [-0.2, -0.15) is 0 Å². The van der Waals surface area contributed by atoms with E-state index in [4.69, 9.17) is 9.72 Å². The molecule has 3 heterocycles. The molecule has 0 radical (unpaired) electrons. The molecule has 1 aromatic carbocycles. The van der Waals surface area contributed by atoms with Crippen LogP contribution in [-0.4, -0.2) is 72.8 Å². The van der Waals surface area contributed by atoms with Gasteiger partial charge in [-0.1, -0.05) is 31.4 Å². The molecule has 1 amide bonds. The Bertz CT molecular complexity index is 901. The average molecular weight is 440 g/mol. The molecule has 0 bridgehead atoms. The molecule has 3 aliphatic rings. The maximum atomic E-state index is 13.0. The smallest absolute Gasteiger partial charge is 0.224 e. The lowest BCUT2D eigenvalue weighted by atomic mass is 9.95. The van der Waals surface area contributed by atoms with Gasteiger partial charge in [-0.15, -0.1) is 0 Å². The number of nitrogens with one attached hydrogen (secondary N) is 1. The first-order valence-electron chi connectivity index (χ1n) is 12.6. The molecule has 1 aliphatic carbocycles. The highest BCUT2D eigenvalue weighted by atomic mass is 16.5. The van der Waals surface area contributed by atoms with E-state index in [0.29, 0.717) is 6.04 Å². The molecular weight excluding hydrogens is 402 g/mol. The monoisotopic (exact) mass is 439 g/mol. The summed E-state index contributed by atoms with van der Waals surface area (Å²) in [6, 6.07) is 9.05. The van der Waals surface area contributed by atoms with E-state index in [9.17, 15) is 4.79 Å². The first-order chi connectivity index (χ1) is 15.8. The van der Waals surface area contributed by atoms with Gasteiger partial charge >= 0.3 is 0 Å². The molecular formula is C25H37N5O2. The van der Waals surface area contributed by atoms with Crippen LogP contribution in [0.15, 0.2) is 24.3 Å². The lowest BCUT2D eigenvalue weighted by molar-refractivity contribution is -0.125. The summed E-state index contributed by atoms with van der Waals surface area (Å²) in [5, 5.41) is 3.20. The molecule has 5 rings (SSSR count). The Morgan fingerprint density at radius 1 is 1.03 bits per heavy atom. The number of benzene rings is 1. The summed E-state index contributed by atoms with van der Waals surface area (Å²) in [5.41, 5.74) is 2.32. The van der Waals surface area contributed by atoms with Gasteiger partial charge in [0.05, 0.1) is 30.2 Å².